The van der Waals surface area contributed by atoms with Gasteiger partial charge in [-0.2, -0.15) is 0 Å². The van der Waals surface area contributed by atoms with E-state index in [0.29, 0.717) is 17.6 Å². The van der Waals surface area contributed by atoms with Gasteiger partial charge in [0.1, 0.15) is 0 Å². The highest BCUT2D eigenvalue weighted by Gasteiger charge is 2.50. The quantitative estimate of drug-likeness (QED) is 0.812. The first-order chi connectivity index (χ1) is 9.20. The third-order valence-electron chi connectivity index (χ3n) is 4.76. The van der Waals surface area contributed by atoms with Crippen LogP contribution in [0.4, 0.5) is 0 Å². The van der Waals surface area contributed by atoms with Gasteiger partial charge >= 0.3 is 0 Å². The molecule has 0 radical (unpaired) electrons. The Hall–Kier alpha value is -0.860. The Morgan fingerprint density at radius 3 is 2.63 bits per heavy atom. The van der Waals surface area contributed by atoms with Gasteiger partial charge in [-0.15, -0.1) is 0 Å². The number of rotatable bonds is 7. The van der Waals surface area contributed by atoms with Crippen molar-refractivity contribution in [3.05, 3.63) is 35.9 Å². The summed E-state index contributed by atoms with van der Waals surface area (Å²) < 4.78 is 5.84. The first kappa shape index (κ1) is 14.5. The van der Waals surface area contributed by atoms with Crippen LogP contribution in [-0.4, -0.2) is 25.3 Å². The number of hydrogen-bond donors (Lipinski definition) is 1. The summed E-state index contributed by atoms with van der Waals surface area (Å²) >= 11 is 0. The van der Waals surface area contributed by atoms with E-state index < -0.39 is 0 Å². The van der Waals surface area contributed by atoms with E-state index in [1.54, 1.807) is 0 Å². The standard InChI is InChI=1S/C17H27NO/c1-4-17(3)15(13-16(17)19-5-2)18-12-11-14-9-7-6-8-10-14/h6-10,15-16,18H,4-5,11-13H2,1-3H3. The molecule has 0 amide bonds. The summed E-state index contributed by atoms with van der Waals surface area (Å²) in [7, 11) is 0. The zero-order chi connectivity index (χ0) is 13.7. The van der Waals surface area contributed by atoms with Crippen molar-refractivity contribution in [3.63, 3.8) is 0 Å². The van der Waals surface area contributed by atoms with Gasteiger partial charge in [0.2, 0.25) is 0 Å². The Balaban J connectivity index is 1.78. The maximum atomic E-state index is 5.84. The van der Waals surface area contributed by atoms with Crippen LogP contribution < -0.4 is 5.32 Å². The minimum atomic E-state index is 0.312. The molecule has 106 valence electrons. The van der Waals surface area contributed by atoms with Crippen LogP contribution in [0.3, 0.4) is 0 Å². The van der Waals surface area contributed by atoms with Crippen LogP contribution in [0.25, 0.3) is 0 Å². The minimum Gasteiger partial charge on any atom is -0.378 e. The van der Waals surface area contributed by atoms with Crippen LogP contribution in [0.15, 0.2) is 30.3 Å². The average molecular weight is 261 g/mol. The highest BCUT2D eigenvalue weighted by molar-refractivity contribution is 5.15. The second-order valence-electron chi connectivity index (χ2n) is 5.78. The van der Waals surface area contributed by atoms with Crippen LogP contribution in [-0.2, 0) is 11.2 Å². The van der Waals surface area contributed by atoms with E-state index in [2.05, 4.69) is 56.4 Å². The van der Waals surface area contributed by atoms with Crippen molar-refractivity contribution in [2.45, 2.75) is 52.2 Å². The summed E-state index contributed by atoms with van der Waals surface area (Å²) in [5.41, 5.74) is 1.72. The number of hydrogen-bond acceptors (Lipinski definition) is 2. The van der Waals surface area contributed by atoms with Gasteiger partial charge in [-0.05, 0) is 38.3 Å². The van der Waals surface area contributed by atoms with E-state index in [-0.39, 0.29) is 0 Å². The summed E-state index contributed by atoms with van der Waals surface area (Å²) in [6.07, 6.45) is 3.89. The van der Waals surface area contributed by atoms with E-state index in [0.717, 1.165) is 26.0 Å². The highest BCUT2D eigenvalue weighted by atomic mass is 16.5. The molecule has 1 aliphatic carbocycles. The van der Waals surface area contributed by atoms with Crippen molar-refractivity contribution in [2.75, 3.05) is 13.2 Å². The molecule has 2 nitrogen and oxygen atoms in total. The fourth-order valence-electron chi connectivity index (χ4n) is 3.10. The second kappa shape index (κ2) is 6.53. The van der Waals surface area contributed by atoms with Gasteiger partial charge in [-0.25, -0.2) is 0 Å². The van der Waals surface area contributed by atoms with Crippen LogP contribution in [0.1, 0.15) is 39.2 Å². The first-order valence-electron chi connectivity index (χ1n) is 7.59. The summed E-state index contributed by atoms with van der Waals surface area (Å²) in [6.45, 7) is 8.61. The molecular weight excluding hydrogens is 234 g/mol. The molecule has 0 bridgehead atoms. The van der Waals surface area contributed by atoms with Gasteiger partial charge in [0.05, 0.1) is 6.10 Å². The van der Waals surface area contributed by atoms with Crippen molar-refractivity contribution in [1.82, 2.24) is 5.32 Å². The largest absolute Gasteiger partial charge is 0.378 e. The molecule has 0 saturated heterocycles. The number of nitrogens with one attached hydrogen (secondary N) is 1. The molecule has 0 heterocycles. The van der Waals surface area contributed by atoms with Gasteiger partial charge in [0, 0.05) is 18.1 Å². The summed E-state index contributed by atoms with van der Waals surface area (Å²) in [5.74, 6) is 0. The lowest BCUT2D eigenvalue weighted by Gasteiger charge is -2.53. The van der Waals surface area contributed by atoms with Crippen LogP contribution >= 0.6 is 0 Å². The van der Waals surface area contributed by atoms with E-state index in [9.17, 15) is 0 Å². The monoisotopic (exact) mass is 261 g/mol. The lowest BCUT2D eigenvalue weighted by atomic mass is 9.61. The predicted molar refractivity (Wildman–Crippen MR) is 80.4 cm³/mol. The topological polar surface area (TPSA) is 21.3 Å². The number of benzene rings is 1. The normalized spacial score (nSPS) is 30.1. The molecule has 1 aliphatic rings. The van der Waals surface area contributed by atoms with Crippen molar-refractivity contribution >= 4 is 0 Å². The smallest absolute Gasteiger partial charge is 0.0658 e. The first-order valence-corrected chi connectivity index (χ1v) is 7.59. The molecule has 0 spiro atoms. The molecule has 1 N–H and O–H groups in total. The minimum absolute atomic E-state index is 0.312. The molecule has 19 heavy (non-hydrogen) atoms. The Kier molecular flexibility index (Phi) is 5.00. The molecule has 3 unspecified atom stereocenters. The maximum Gasteiger partial charge on any atom is 0.0658 e. The molecule has 1 aromatic rings. The van der Waals surface area contributed by atoms with Gasteiger partial charge in [-0.1, -0.05) is 44.2 Å². The Labute approximate surface area is 117 Å². The molecule has 1 saturated carbocycles. The summed E-state index contributed by atoms with van der Waals surface area (Å²) in [4.78, 5) is 0. The second-order valence-corrected chi connectivity index (χ2v) is 5.78. The Bertz CT molecular complexity index is 378. The molecule has 1 aromatic carbocycles. The maximum absolute atomic E-state index is 5.84. The van der Waals surface area contributed by atoms with E-state index >= 15 is 0 Å². The van der Waals surface area contributed by atoms with E-state index in [4.69, 9.17) is 4.74 Å². The molecule has 0 aromatic heterocycles. The van der Waals surface area contributed by atoms with E-state index in [1.165, 1.54) is 12.0 Å². The van der Waals surface area contributed by atoms with Crippen molar-refractivity contribution < 1.29 is 4.74 Å². The van der Waals surface area contributed by atoms with Gasteiger partial charge in [0.15, 0.2) is 0 Å². The van der Waals surface area contributed by atoms with Gasteiger partial charge < -0.3 is 10.1 Å². The van der Waals surface area contributed by atoms with Crippen LogP contribution in [0.2, 0.25) is 0 Å². The summed E-state index contributed by atoms with van der Waals surface area (Å²) in [6, 6.07) is 11.3. The lowest BCUT2D eigenvalue weighted by Crippen LogP contribution is -2.62. The fraction of sp³-hybridized carbons (Fsp3) is 0.647. The van der Waals surface area contributed by atoms with Crippen molar-refractivity contribution in [2.24, 2.45) is 5.41 Å². The molecule has 2 rings (SSSR count). The lowest BCUT2D eigenvalue weighted by molar-refractivity contribution is -0.125. The molecule has 0 aliphatic heterocycles. The molecule has 1 fully saturated rings. The third kappa shape index (κ3) is 3.18. The van der Waals surface area contributed by atoms with Crippen LogP contribution in [0, 0.1) is 5.41 Å². The third-order valence-corrected chi connectivity index (χ3v) is 4.76. The fourth-order valence-corrected chi connectivity index (χ4v) is 3.10. The van der Waals surface area contributed by atoms with Crippen molar-refractivity contribution in [1.29, 1.82) is 0 Å². The van der Waals surface area contributed by atoms with Gasteiger partial charge in [0.25, 0.3) is 0 Å². The Morgan fingerprint density at radius 2 is 2.00 bits per heavy atom. The predicted octanol–water partition coefficient (Wildman–Crippen LogP) is 3.41. The zero-order valence-electron chi connectivity index (χ0n) is 12.5. The SMILES string of the molecule is CCOC1CC(NCCc2ccccc2)C1(C)CC. The number of ether oxygens (including phenoxy) is 1. The molecular formula is C17H27NO. The molecule has 2 heteroatoms. The Morgan fingerprint density at radius 1 is 1.26 bits per heavy atom. The van der Waals surface area contributed by atoms with Crippen LogP contribution in [0.5, 0.6) is 0 Å². The van der Waals surface area contributed by atoms with E-state index in [1.807, 2.05) is 0 Å². The highest BCUT2D eigenvalue weighted by Crippen LogP contribution is 2.45. The summed E-state index contributed by atoms with van der Waals surface area (Å²) in [5, 5.41) is 3.72. The molecule has 3 atom stereocenters. The zero-order valence-corrected chi connectivity index (χ0v) is 12.5. The van der Waals surface area contributed by atoms with Crippen molar-refractivity contribution in [3.8, 4) is 0 Å². The average Bonchev–Trinajstić information content (AvgIpc) is 2.45. The van der Waals surface area contributed by atoms with Gasteiger partial charge in [-0.3, -0.25) is 0 Å².